The van der Waals surface area contributed by atoms with Crippen molar-refractivity contribution >= 4 is 46.1 Å². The molecular weight excluding hydrogens is 252 g/mol. The van der Waals surface area contributed by atoms with E-state index in [0.717, 1.165) is 10.8 Å². The standard InChI is InChI=1S/C12H7BClNO3/c14-8-2-4-11-10(6-8)9-3-1-7(13(16)15-17)5-12(9)18-11/h1-6,16H. The van der Waals surface area contributed by atoms with Gasteiger partial charge in [0.1, 0.15) is 11.2 Å². The summed E-state index contributed by atoms with van der Waals surface area (Å²) in [6.07, 6.45) is 0. The average molecular weight is 259 g/mol. The molecule has 2 aromatic carbocycles. The van der Waals surface area contributed by atoms with E-state index in [1.165, 1.54) is 0 Å². The normalized spacial score (nSPS) is 11.0. The molecule has 0 amide bonds. The number of hydrogen-bond donors (Lipinski definition) is 1. The van der Waals surface area contributed by atoms with Gasteiger partial charge in [-0.2, -0.15) is 4.91 Å². The lowest BCUT2D eigenvalue weighted by Gasteiger charge is -1.96. The molecule has 0 saturated heterocycles. The first-order valence-electron chi connectivity index (χ1n) is 5.31. The summed E-state index contributed by atoms with van der Waals surface area (Å²) >= 11 is 5.94. The Bertz CT molecular complexity index is 755. The first-order valence-corrected chi connectivity index (χ1v) is 5.69. The molecule has 3 aromatic rings. The van der Waals surface area contributed by atoms with E-state index >= 15 is 0 Å². The van der Waals surface area contributed by atoms with Crippen molar-refractivity contribution in [2.75, 3.05) is 0 Å². The SMILES string of the molecule is O=NB(O)c1ccc2c(c1)oc1ccc(Cl)cc12. The number of fused-ring (bicyclic) bond motifs is 3. The molecule has 0 atom stereocenters. The van der Waals surface area contributed by atoms with Crippen molar-refractivity contribution in [3.63, 3.8) is 0 Å². The molecule has 0 spiro atoms. The molecule has 88 valence electrons. The van der Waals surface area contributed by atoms with Crippen LogP contribution in [-0.2, 0) is 0 Å². The first-order chi connectivity index (χ1) is 8.69. The predicted octanol–water partition coefficient (Wildman–Crippen LogP) is 2.69. The molecule has 0 radical (unpaired) electrons. The third kappa shape index (κ3) is 1.68. The van der Waals surface area contributed by atoms with Gasteiger partial charge in [-0.05, 0) is 29.7 Å². The Morgan fingerprint density at radius 1 is 1.11 bits per heavy atom. The summed E-state index contributed by atoms with van der Waals surface area (Å²) in [7, 11) is -1.37. The van der Waals surface area contributed by atoms with Crippen LogP contribution in [0.1, 0.15) is 0 Å². The summed E-state index contributed by atoms with van der Waals surface area (Å²) < 4.78 is 5.63. The minimum atomic E-state index is -1.37. The molecule has 0 unspecified atom stereocenters. The maximum atomic E-state index is 10.3. The molecule has 0 fully saturated rings. The largest absolute Gasteiger partial charge is 0.517 e. The van der Waals surface area contributed by atoms with E-state index in [1.807, 2.05) is 6.07 Å². The third-order valence-electron chi connectivity index (χ3n) is 2.86. The molecule has 0 saturated carbocycles. The van der Waals surface area contributed by atoms with E-state index in [0.29, 0.717) is 21.7 Å². The van der Waals surface area contributed by atoms with Gasteiger partial charge in [0.05, 0.1) is 0 Å². The second-order valence-corrected chi connectivity index (χ2v) is 4.41. The van der Waals surface area contributed by atoms with Gasteiger partial charge in [-0.3, -0.25) is 0 Å². The summed E-state index contributed by atoms with van der Waals surface area (Å²) in [6, 6.07) is 10.4. The summed E-state index contributed by atoms with van der Waals surface area (Å²) in [5.74, 6) is 0. The van der Waals surface area contributed by atoms with Crippen LogP contribution >= 0.6 is 11.6 Å². The van der Waals surface area contributed by atoms with Crippen LogP contribution in [-0.4, -0.2) is 12.1 Å². The quantitative estimate of drug-likeness (QED) is 0.568. The lowest BCUT2D eigenvalue weighted by Crippen LogP contribution is -2.27. The van der Waals surface area contributed by atoms with E-state index < -0.39 is 7.05 Å². The fourth-order valence-corrected chi connectivity index (χ4v) is 2.16. The summed E-state index contributed by atoms with van der Waals surface area (Å²) in [5.41, 5.74) is 1.70. The molecule has 0 aliphatic heterocycles. The van der Waals surface area contributed by atoms with Crippen molar-refractivity contribution in [2.24, 2.45) is 5.09 Å². The Morgan fingerprint density at radius 3 is 2.72 bits per heavy atom. The van der Waals surface area contributed by atoms with Gasteiger partial charge < -0.3 is 9.44 Å². The van der Waals surface area contributed by atoms with Crippen molar-refractivity contribution in [2.45, 2.75) is 0 Å². The number of rotatable bonds is 2. The highest BCUT2D eigenvalue weighted by atomic mass is 35.5. The molecule has 3 rings (SSSR count). The molecule has 4 nitrogen and oxygen atoms in total. The van der Waals surface area contributed by atoms with Crippen LogP contribution in [0.15, 0.2) is 45.9 Å². The molecule has 18 heavy (non-hydrogen) atoms. The summed E-state index contributed by atoms with van der Waals surface area (Å²) in [5, 5.41) is 14.4. The molecule has 1 N–H and O–H groups in total. The van der Waals surface area contributed by atoms with E-state index in [2.05, 4.69) is 5.09 Å². The number of halogens is 1. The Labute approximate surface area is 107 Å². The van der Waals surface area contributed by atoms with Crippen LogP contribution < -0.4 is 5.46 Å². The molecule has 1 aromatic heterocycles. The number of hydrogen-bond acceptors (Lipinski definition) is 4. The van der Waals surface area contributed by atoms with Crippen LogP contribution in [0.2, 0.25) is 5.02 Å². The molecule has 6 heteroatoms. The first kappa shape index (κ1) is 11.3. The van der Waals surface area contributed by atoms with Crippen LogP contribution in [0.5, 0.6) is 0 Å². The Balaban J connectivity index is 2.30. The molecule has 1 heterocycles. The van der Waals surface area contributed by atoms with Crippen molar-refractivity contribution in [3.05, 3.63) is 46.3 Å². The minimum Gasteiger partial charge on any atom is -0.456 e. The lowest BCUT2D eigenvalue weighted by atomic mass is 9.76. The van der Waals surface area contributed by atoms with E-state index in [-0.39, 0.29) is 0 Å². The Hall–Kier alpha value is -1.85. The van der Waals surface area contributed by atoms with Crippen molar-refractivity contribution in [3.8, 4) is 0 Å². The van der Waals surface area contributed by atoms with Gasteiger partial charge in [0.25, 0.3) is 0 Å². The van der Waals surface area contributed by atoms with Crippen molar-refractivity contribution in [1.29, 1.82) is 0 Å². The maximum Gasteiger partial charge on any atom is 0.517 e. The van der Waals surface area contributed by atoms with Gasteiger partial charge in [-0.25, -0.2) is 0 Å². The maximum absolute atomic E-state index is 10.3. The number of nitroso groups, excluding NO2 is 1. The number of benzene rings is 2. The van der Waals surface area contributed by atoms with Gasteiger partial charge in [0.15, 0.2) is 0 Å². The minimum absolute atomic E-state index is 0.405. The van der Waals surface area contributed by atoms with Gasteiger partial charge in [-0.1, -0.05) is 28.8 Å². The van der Waals surface area contributed by atoms with Crippen molar-refractivity contribution in [1.82, 2.24) is 0 Å². The van der Waals surface area contributed by atoms with E-state index in [1.54, 1.807) is 30.3 Å². The monoisotopic (exact) mass is 259 g/mol. The number of nitrogens with zero attached hydrogens (tertiary/aromatic N) is 1. The summed E-state index contributed by atoms with van der Waals surface area (Å²) in [6.45, 7) is 0. The second kappa shape index (κ2) is 4.12. The van der Waals surface area contributed by atoms with Crippen LogP contribution in [0, 0.1) is 4.91 Å². The fraction of sp³-hybridized carbons (Fsp3) is 0. The van der Waals surface area contributed by atoms with Gasteiger partial charge in [0, 0.05) is 15.8 Å². The zero-order valence-corrected chi connectivity index (χ0v) is 9.89. The van der Waals surface area contributed by atoms with E-state index in [4.69, 9.17) is 16.0 Å². The number of furan rings is 1. The van der Waals surface area contributed by atoms with Crippen LogP contribution in [0.25, 0.3) is 21.9 Å². The molecule has 0 aliphatic rings. The highest BCUT2D eigenvalue weighted by Gasteiger charge is 2.17. The zero-order chi connectivity index (χ0) is 12.7. The summed E-state index contributed by atoms with van der Waals surface area (Å²) in [4.78, 5) is 10.3. The van der Waals surface area contributed by atoms with E-state index in [9.17, 15) is 9.93 Å². The lowest BCUT2D eigenvalue weighted by molar-refractivity contribution is 0.587. The molecule has 0 aliphatic carbocycles. The molecule has 0 bridgehead atoms. The third-order valence-corrected chi connectivity index (χ3v) is 3.09. The highest BCUT2D eigenvalue weighted by molar-refractivity contribution is 6.64. The second-order valence-electron chi connectivity index (χ2n) is 3.98. The highest BCUT2D eigenvalue weighted by Crippen LogP contribution is 2.29. The zero-order valence-electron chi connectivity index (χ0n) is 9.13. The van der Waals surface area contributed by atoms with Crippen LogP contribution in [0.3, 0.4) is 0 Å². The van der Waals surface area contributed by atoms with Gasteiger partial charge >= 0.3 is 7.05 Å². The fourth-order valence-electron chi connectivity index (χ4n) is 1.99. The average Bonchev–Trinajstić information content (AvgIpc) is 2.74. The Kier molecular flexibility index (Phi) is 2.58. The van der Waals surface area contributed by atoms with Crippen LogP contribution in [0.4, 0.5) is 0 Å². The Morgan fingerprint density at radius 2 is 1.94 bits per heavy atom. The topological polar surface area (TPSA) is 62.8 Å². The van der Waals surface area contributed by atoms with Gasteiger partial charge in [0.2, 0.25) is 0 Å². The molecular formula is C12H7BClNO3. The van der Waals surface area contributed by atoms with Crippen molar-refractivity contribution < 1.29 is 9.44 Å². The predicted molar refractivity (Wildman–Crippen MR) is 72.1 cm³/mol. The smallest absolute Gasteiger partial charge is 0.456 e. The van der Waals surface area contributed by atoms with Gasteiger partial charge in [-0.15, -0.1) is 0 Å².